The first kappa shape index (κ1) is 13.7. The fourth-order valence-corrected chi connectivity index (χ4v) is 1.41. The number of benzene rings is 1. The molecule has 1 rings (SSSR count). The van der Waals surface area contributed by atoms with Gasteiger partial charge < -0.3 is 16.8 Å². The van der Waals surface area contributed by atoms with Crippen molar-refractivity contribution in [3.63, 3.8) is 0 Å². The second-order valence-electron chi connectivity index (χ2n) is 5.00. The largest absolute Gasteiger partial charge is 0.353 e. The molecule has 0 radical (unpaired) electrons. The van der Waals surface area contributed by atoms with E-state index < -0.39 is 11.6 Å². The lowest BCUT2D eigenvalue weighted by molar-refractivity contribution is -0.122. The molecule has 17 heavy (non-hydrogen) atoms. The SMILES string of the molecule is CC(C)(N)CNC(=O)[C@@H](N)Cc1ccccc1. The lowest BCUT2D eigenvalue weighted by atomic mass is 10.0. The third-order valence-electron chi connectivity index (χ3n) is 2.35. The molecule has 0 saturated heterocycles. The highest BCUT2D eigenvalue weighted by Crippen LogP contribution is 2.02. The zero-order valence-electron chi connectivity index (χ0n) is 10.4. The minimum atomic E-state index is -0.528. The van der Waals surface area contributed by atoms with Crippen LogP contribution in [0.5, 0.6) is 0 Å². The molecule has 4 nitrogen and oxygen atoms in total. The molecule has 0 aliphatic carbocycles. The van der Waals surface area contributed by atoms with Gasteiger partial charge in [0.2, 0.25) is 5.91 Å². The van der Waals surface area contributed by atoms with Crippen LogP contribution < -0.4 is 16.8 Å². The quantitative estimate of drug-likeness (QED) is 0.691. The van der Waals surface area contributed by atoms with Crippen molar-refractivity contribution in [3.05, 3.63) is 35.9 Å². The molecule has 1 atom stereocenters. The van der Waals surface area contributed by atoms with Gasteiger partial charge in [-0.2, -0.15) is 0 Å². The molecule has 1 aromatic rings. The predicted molar refractivity (Wildman–Crippen MR) is 69.4 cm³/mol. The van der Waals surface area contributed by atoms with Crippen molar-refractivity contribution in [2.45, 2.75) is 31.8 Å². The third kappa shape index (κ3) is 5.47. The zero-order chi connectivity index (χ0) is 12.9. The van der Waals surface area contributed by atoms with Gasteiger partial charge in [0.05, 0.1) is 6.04 Å². The Balaban J connectivity index is 2.43. The summed E-state index contributed by atoms with van der Waals surface area (Å²) in [6.07, 6.45) is 0.539. The van der Waals surface area contributed by atoms with Gasteiger partial charge in [-0.3, -0.25) is 4.79 Å². The molecule has 0 aliphatic rings. The summed E-state index contributed by atoms with van der Waals surface area (Å²) in [5.41, 5.74) is 12.2. The number of carbonyl (C=O) groups is 1. The molecular weight excluding hydrogens is 214 g/mol. The van der Waals surface area contributed by atoms with Crippen LogP contribution in [0.1, 0.15) is 19.4 Å². The van der Waals surface area contributed by atoms with Gasteiger partial charge in [-0.25, -0.2) is 0 Å². The molecule has 0 fully saturated rings. The van der Waals surface area contributed by atoms with Crippen LogP contribution in [0.3, 0.4) is 0 Å². The third-order valence-corrected chi connectivity index (χ3v) is 2.35. The Morgan fingerprint density at radius 2 is 1.94 bits per heavy atom. The van der Waals surface area contributed by atoms with Crippen LogP contribution >= 0.6 is 0 Å². The van der Waals surface area contributed by atoms with Gasteiger partial charge in [-0.15, -0.1) is 0 Å². The Bertz CT molecular complexity index is 357. The van der Waals surface area contributed by atoms with Crippen LogP contribution in [-0.4, -0.2) is 24.0 Å². The van der Waals surface area contributed by atoms with E-state index in [1.165, 1.54) is 0 Å². The fraction of sp³-hybridized carbons (Fsp3) is 0.462. The van der Waals surface area contributed by atoms with Crippen molar-refractivity contribution in [3.8, 4) is 0 Å². The molecule has 0 unspecified atom stereocenters. The normalized spacial score (nSPS) is 13.2. The number of hydrogen-bond acceptors (Lipinski definition) is 3. The number of rotatable bonds is 5. The van der Waals surface area contributed by atoms with E-state index in [2.05, 4.69) is 5.32 Å². The molecule has 0 bridgehead atoms. The maximum absolute atomic E-state index is 11.7. The summed E-state index contributed by atoms with van der Waals surface area (Å²) in [5, 5.41) is 2.75. The molecular formula is C13H21N3O. The highest BCUT2D eigenvalue weighted by atomic mass is 16.2. The number of nitrogens with two attached hydrogens (primary N) is 2. The van der Waals surface area contributed by atoms with Gasteiger partial charge in [-0.1, -0.05) is 30.3 Å². The molecule has 0 spiro atoms. The maximum atomic E-state index is 11.7. The Labute approximate surface area is 102 Å². The first-order chi connectivity index (χ1) is 7.88. The minimum absolute atomic E-state index is 0.160. The number of carbonyl (C=O) groups excluding carboxylic acids is 1. The summed E-state index contributed by atoms with van der Waals surface area (Å²) in [6, 6.07) is 9.19. The number of hydrogen-bond donors (Lipinski definition) is 3. The van der Waals surface area contributed by atoms with Crippen LogP contribution in [0, 0.1) is 0 Å². The molecule has 0 aliphatic heterocycles. The van der Waals surface area contributed by atoms with Crippen LogP contribution in [0.2, 0.25) is 0 Å². The van der Waals surface area contributed by atoms with Crippen LogP contribution in [-0.2, 0) is 11.2 Å². The highest BCUT2D eigenvalue weighted by molar-refractivity contribution is 5.81. The smallest absolute Gasteiger partial charge is 0.237 e. The van der Waals surface area contributed by atoms with E-state index in [1.54, 1.807) is 0 Å². The Hall–Kier alpha value is -1.39. The standard InChI is InChI=1S/C13H21N3O/c1-13(2,15)9-16-12(17)11(14)8-10-6-4-3-5-7-10/h3-7,11H,8-9,14-15H2,1-2H3,(H,16,17)/t11-/m0/s1. The van der Waals surface area contributed by atoms with E-state index in [9.17, 15) is 4.79 Å². The van der Waals surface area contributed by atoms with Crippen LogP contribution in [0.25, 0.3) is 0 Å². The maximum Gasteiger partial charge on any atom is 0.237 e. The molecule has 4 heteroatoms. The first-order valence-corrected chi connectivity index (χ1v) is 5.74. The first-order valence-electron chi connectivity index (χ1n) is 5.74. The summed E-state index contributed by atoms with van der Waals surface area (Å²) < 4.78 is 0. The highest BCUT2D eigenvalue weighted by Gasteiger charge is 2.17. The lowest BCUT2D eigenvalue weighted by Gasteiger charge is -2.20. The lowest BCUT2D eigenvalue weighted by Crippen LogP contribution is -2.50. The summed E-state index contributed by atoms with van der Waals surface area (Å²) in [6.45, 7) is 4.14. The van der Waals surface area contributed by atoms with Crippen molar-refractivity contribution < 1.29 is 4.79 Å². The van der Waals surface area contributed by atoms with E-state index in [0.29, 0.717) is 13.0 Å². The molecule has 94 valence electrons. The number of nitrogens with one attached hydrogen (secondary N) is 1. The monoisotopic (exact) mass is 235 g/mol. The average Bonchev–Trinajstić information content (AvgIpc) is 2.26. The Morgan fingerprint density at radius 3 is 2.47 bits per heavy atom. The van der Waals surface area contributed by atoms with Crippen molar-refractivity contribution >= 4 is 5.91 Å². The van der Waals surface area contributed by atoms with E-state index in [-0.39, 0.29) is 5.91 Å². The van der Waals surface area contributed by atoms with Crippen molar-refractivity contribution in [2.75, 3.05) is 6.54 Å². The summed E-state index contributed by atoms with van der Waals surface area (Å²) >= 11 is 0. The predicted octanol–water partition coefficient (Wildman–Crippen LogP) is 0.410. The van der Waals surface area contributed by atoms with Gasteiger partial charge in [0.25, 0.3) is 0 Å². The van der Waals surface area contributed by atoms with E-state index >= 15 is 0 Å². The van der Waals surface area contributed by atoms with Gasteiger partial charge in [0.1, 0.15) is 0 Å². The van der Waals surface area contributed by atoms with E-state index in [1.807, 2.05) is 44.2 Å². The fourth-order valence-electron chi connectivity index (χ4n) is 1.41. The van der Waals surface area contributed by atoms with Gasteiger partial charge in [0, 0.05) is 12.1 Å². The molecule has 5 N–H and O–H groups in total. The molecule has 0 heterocycles. The van der Waals surface area contributed by atoms with Crippen molar-refractivity contribution in [1.82, 2.24) is 5.32 Å². The topological polar surface area (TPSA) is 81.1 Å². The van der Waals surface area contributed by atoms with Gasteiger partial charge in [0.15, 0.2) is 0 Å². The minimum Gasteiger partial charge on any atom is -0.353 e. The Kier molecular flexibility index (Phi) is 4.66. The van der Waals surface area contributed by atoms with Crippen LogP contribution in [0.15, 0.2) is 30.3 Å². The second-order valence-corrected chi connectivity index (χ2v) is 5.00. The summed E-state index contributed by atoms with van der Waals surface area (Å²) in [5.74, 6) is -0.160. The Morgan fingerprint density at radius 1 is 1.35 bits per heavy atom. The van der Waals surface area contributed by atoms with Crippen molar-refractivity contribution in [1.29, 1.82) is 0 Å². The molecule has 1 amide bonds. The average molecular weight is 235 g/mol. The van der Waals surface area contributed by atoms with E-state index in [4.69, 9.17) is 11.5 Å². The molecule has 0 saturated carbocycles. The van der Waals surface area contributed by atoms with Gasteiger partial charge in [-0.05, 0) is 25.8 Å². The van der Waals surface area contributed by atoms with Crippen LogP contribution in [0.4, 0.5) is 0 Å². The van der Waals surface area contributed by atoms with E-state index in [0.717, 1.165) is 5.56 Å². The molecule has 0 aromatic heterocycles. The molecule has 1 aromatic carbocycles. The second kappa shape index (κ2) is 5.80. The van der Waals surface area contributed by atoms with Gasteiger partial charge >= 0.3 is 0 Å². The van der Waals surface area contributed by atoms with Crippen molar-refractivity contribution in [2.24, 2.45) is 11.5 Å². The number of amides is 1. The zero-order valence-corrected chi connectivity index (χ0v) is 10.4. The summed E-state index contributed by atoms with van der Waals surface area (Å²) in [7, 11) is 0. The summed E-state index contributed by atoms with van der Waals surface area (Å²) in [4.78, 5) is 11.7.